The zero-order valence-electron chi connectivity index (χ0n) is 15.2. The van der Waals surface area contributed by atoms with Crippen LogP contribution in [0.5, 0.6) is 0 Å². The maximum absolute atomic E-state index is 12.6. The largest absolute Gasteiger partial charge is 0.452 e. The number of hydrogen-bond acceptors (Lipinski definition) is 5. The van der Waals surface area contributed by atoms with Crippen LogP contribution in [0.15, 0.2) is 39.5 Å². The number of para-hydroxylation sites is 1. The first-order chi connectivity index (χ1) is 13.1. The van der Waals surface area contributed by atoms with Crippen LogP contribution in [0.4, 0.5) is 0 Å². The standard InChI is InChI=1S/C21H23NO5/c23-19(22-11-5-8-14-6-1-3-9-17(14)22)13-26-20(24)16-12-15-7-2-4-10-18(15)27-21(16)25/h2,4,7,10,12,14,17H,1,3,5-6,8-9,11,13H2/t14-,17-/m1/s1. The zero-order chi connectivity index (χ0) is 18.8. The van der Waals surface area contributed by atoms with Crippen molar-refractivity contribution >= 4 is 22.8 Å². The monoisotopic (exact) mass is 369 g/mol. The fraction of sp³-hybridized carbons (Fsp3) is 0.476. The van der Waals surface area contributed by atoms with Gasteiger partial charge in [0.25, 0.3) is 5.91 Å². The van der Waals surface area contributed by atoms with Crippen LogP contribution in [0.3, 0.4) is 0 Å². The van der Waals surface area contributed by atoms with Crippen LogP contribution in [-0.2, 0) is 9.53 Å². The van der Waals surface area contributed by atoms with Gasteiger partial charge in [-0.25, -0.2) is 9.59 Å². The molecule has 2 aromatic rings. The van der Waals surface area contributed by atoms with Crippen LogP contribution < -0.4 is 5.63 Å². The maximum atomic E-state index is 12.6. The molecule has 0 spiro atoms. The number of nitrogens with zero attached hydrogens (tertiary/aromatic N) is 1. The molecule has 0 radical (unpaired) electrons. The minimum Gasteiger partial charge on any atom is -0.452 e. The van der Waals surface area contributed by atoms with Gasteiger partial charge in [-0.3, -0.25) is 4.79 Å². The topological polar surface area (TPSA) is 76.8 Å². The van der Waals surface area contributed by atoms with Gasteiger partial charge >= 0.3 is 11.6 Å². The van der Waals surface area contributed by atoms with E-state index in [1.54, 1.807) is 24.3 Å². The summed E-state index contributed by atoms with van der Waals surface area (Å²) in [6.07, 6.45) is 6.74. The Labute approximate surface area is 157 Å². The second kappa shape index (κ2) is 7.55. The van der Waals surface area contributed by atoms with Crippen LogP contribution in [0, 0.1) is 5.92 Å². The molecule has 2 atom stereocenters. The van der Waals surface area contributed by atoms with E-state index in [4.69, 9.17) is 9.15 Å². The number of benzene rings is 1. The van der Waals surface area contributed by atoms with E-state index in [2.05, 4.69) is 0 Å². The number of likely N-dealkylation sites (tertiary alicyclic amines) is 1. The van der Waals surface area contributed by atoms with Gasteiger partial charge in [0.2, 0.25) is 0 Å². The molecule has 2 fully saturated rings. The summed E-state index contributed by atoms with van der Waals surface area (Å²) in [4.78, 5) is 38.9. The van der Waals surface area contributed by atoms with E-state index in [1.165, 1.54) is 25.3 Å². The molecule has 0 bridgehead atoms. The number of hydrogen-bond donors (Lipinski definition) is 0. The highest BCUT2D eigenvalue weighted by molar-refractivity contribution is 5.94. The zero-order valence-corrected chi connectivity index (χ0v) is 15.2. The van der Waals surface area contributed by atoms with Gasteiger partial charge in [0.15, 0.2) is 6.61 Å². The highest BCUT2D eigenvalue weighted by Gasteiger charge is 2.35. The van der Waals surface area contributed by atoms with Gasteiger partial charge < -0.3 is 14.1 Å². The lowest BCUT2D eigenvalue weighted by atomic mass is 9.78. The Morgan fingerprint density at radius 1 is 1.11 bits per heavy atom. The van der Waals surface area contributed by atoms with Gasteiger partial charge in [-0.1, -0.05) is 31.0 Å². The summed E-state index contributed by atoms with van der Waals surface area (Å²) in [6.45, 7) is 0.379. The van der Waals surface area contributed by atoms with Gasteiger partial charge in [-0.05, 0) is 43.7 Å². The van der Waals surface area contributed by atoms with Crippen molar-refractivity contribution in [2.75, 3.05) is 13.2 Å². The number of rotatable bonds is 3. The third kappa shape index (κ3) is 3.61. The fourth-order valence-corrected chi connectivity index (χ4v) is 4.43. The normalized spacial score (nSPS) is 22.3. The van der Waals surface area contributed by atoms with E-state index in [-0.39, 0.29) is 24.1 Å². The summed E-state index contributed by atoms with van der Waals surface area (Å²) in [5.41, 5.74) is -0.529. The first-order valence-corrected chi connectivity index (χ1v) is 9.63. The van der Waals surface area contributed by atoms with Crippen LogP contribution in [0.25, 0.3) is 11.0 Å². The number of piperidine rings is 1. The number of esters is 1. The second-order valence-electron chi connectivity index (χ2n) is 7.40. The predicted molar refractivity (Wildman–Crippen MR) is 99.5 cm³/mol. The molecule has 1 aliphatic carbocycles. The molecule has 2 aliphatic rings. The third-order valence-electron chi connectivity index (χ3n) is 5.75. The van der Waals surface area contributed by atoms with Crippen molar-refractivity contribution in [2.45, 2.75) is 44.6 Å². The van der Waals surface area contributed by atoms with E-state index in [0.29, 0.717) is 16.9 Å². The fourth-order valence-electron chi connectivity index (χ4n) is 4.43. The number of fused-ring (bicyclic) bond motifs is 2. The number of carbonyl (C=O) groups excluding carboxylic acids is 2. The van der Waals surface area contributed by atoms with Gasteiger partial charge in [-0.2, -0.15) is 0 Å². The molecule has 2 heterocycles. The van der Waals surface area contributed by atoms with Crippen molar-refractivity contribution in [3.8, 4) is 0 Å². The molecule has 0 unspecified atom stereocenters. The molecule has 6 heteroatoms. The average molecular weight is 369 g/mol. The third-order valence-corrected chi connectivity index (χ3v) is 5.75. The molecule has 4 rings (SSSR count). The van der Waals surface area contributed by atoms with Crippen LogP contribution in [0.2, 0.25) is 0 Å². The highest BCUT2D eigenvalue weighted by Crippen LogP contribution is 2.35. The summed E-state index contributed by atoms with van der Waals surface area (Å²) in [7, 11) is 0. The van der Waals surface area contributed by atoms with E-state index in [9.17, 15) is 14.4 Å². The van der Waals surface area contributed by atoms with Gasteiger partial charge in [0.1, 0.15) is 11.1 Å². The lowest BCUT2D eigenvalue weighted by molar-refractivity contribution is -0.140. The second-order valence-corrected chi connectivity index (χ2v) is 7.40. The molecule has 1 saturated heterocycles. The molecule has 6 nitrogen and oxygen atoms in total. The van der Waals surface area contributed by atoms with Crippen molar-refractivity contribution in [1.29, 1.82) is 0 Å². The van der Waals surface area contributed by atoms with Gasteiger partial charge in [0, 0.05) is 18.0 Å². The summed E-state index contributed by atoms with van der Waals surface area (Å²) in [5.74, 6) is -0.426. The van der Waals surface area contributed by atoms with Gasteiger partial charge in [-0.15, -0.1) is 0 Å². The lowest BCUT2D eigenvalue weighted by Gasteiger charge is -2.44. The van der Waals surface area contributed by atoms with Gasteiger partial charge in [0.05, 0.1) is 0 Å². The smallest absolute Gasteiger partial charge is 0.351 e. The summed E-state index contributed by atoms with van der Waals surface area (Å²) >= 11 is 0. The summed E-state index contributed by atoms with van der Waals surface area (Å²) < 4.78 is 10.3. The molecule has 0 N–H and O–H groups in total. The molecular weight excluding hydrogens is 346 g/mol. The molecule has 1 saturated carbocycles. The quantitative estimate of drug-likeness (QED) is 0.614. The minimum atomic E-state index is -0.819. The Morgan fingerprint density at radius 3 is 2.78 bits per heavy atom. The highest BCUT2D eigenvalue weighted by atomic mass is 16.5. The number of carbonyl (C=O) groups is 2. The van der Waals surface area contributed by atoms with Crippen molar-refractivity contribution < 1.29 is 18.7 Å². The molecule has 1 aliphatic heterocycles. The molecule has 27 heavy (non-hydrogen) atoms. The first kappa shape index (κ1) is 17.8. The summed E-state index contributed by atoms with van der Waals surface area (Å²) in [5, 5.41) is 0.636. The van der Waals surface area contributed by atoms with E-state index < -0.39 is 11.6 Å². The first-order valence-electron chi connectivity index (χ1n) is 9.63. The molecule has 142 valence electrons. The average Bonchev–Trinajstić information content (AvgIpc) is 2.70. The molecular formula is C21H23NO5. The number of amides is 1. The number of ether oxygens (including phenoxy) is 1. The Morgan fingerprint density at radius 2 is 1.89 bits per heavy atom. The van der Waals surface area contributed by atoms with E-state index >= 15 is 0 Å². The minimum absolute atomic E-state index is 0.176. The van der Waals surface area contributed by atoms with E-state index in [0.717, 1.165) is 25.8 Å². The van der Waals surface area contributed by atoms with E-state index in [1.807, 2.05) is 4.90 Å². The Kier molecular flexibility index (Phi) is 4.97. The predicted octanol–water partition coefficient (Wildman–Crippen LogP) is 3.13. The van der Waals surface area contributed by atoms with Crippen LogP contribution in [-0.4, -0.2) is 36.0 Å². The lowest BCUT2D eigenvalue weighted by Crippen LogP contribution is -2.50. The van der Waals surface area contributed by atoms with Crippen molar-refractivity contribution in [2.24, 2.45) is 5.92 Å². The van der Waals surface area contributed by atoms with Crippen LogP contribution in [0.1, 0.15) is 48.9 Å². The molecule has 1 aromatic carbocycles. The molecule has 1 aromatic heterocycles. The molecule has 1 amide bonds. The Bertz CT molecular complexity index is 916. The Balaban J connectivity index is 1.43. The maximum Gasteiger partial charge on any atom is 0.351 e. The Hall–Kier alpha value is -2.63. The SMILES string of the molecule is O=C(OCC(=O)N1CCC[C@H]2CCCC[C@H]21)c1cc2ccccc2oc1=O. The van der Waals surface area contributed by atoms with Crippen molar-refractivity contribution in [1.82, 2.24) is 4.90 Å². The van der Waals surface area contributed by atoms with Crippen molar-refractivity contribution in [3.63, 3.8) is 0 Å². The van der Waals surface area contributed by atoms with Crippen LogP contribution >= 0.6 is 0 Å². The van der Waals surface area contributed by atoms with Crippen molar-refractivity contribution in [3.05, 3.63) is 46.3 Å². The summed E-state index contributed by atoms with van der Waals surface area (Å²) in [6, 6.07) is 8.66.